The summed E-state index contributed by atoms with van der Waals surface area (Å²) in [5, 5.41) is 0. The van der Waals surface area contributed by atoms with Crippen LogP contribution < -0.4 is 0 Å². The molecule has 3 nitrogen and oxygen atoms in total. The van der Waals surface area contributed by atoms with E-state index in [9.17, 15) is 9.18 Å². The van der Waals surface area contributed by atoms with Gasteiger partial charge in [-0.05, 0) is 30.5 Å². The average molecular weight is 335 g/mol. The van der Waals surface area contributed by atoms with Crippen LogP contribution in [-0.4, -0.2) is 21.1 Å². The fraction of sp³-hybridized carbons (Fsp3) is 0.267. The van der Waals surface area contributed by atoms with Gasteiger partial charge in [-0.3, -0.25) is 0 Å². The second-order valence-electron chi connectivity index (χ2n) is 4.83. The second-order valence-corrected chi connectivity index (χ2v) is 6.01. The summed E-state index contributed by atoms with van der Waals surface area (Å²) in [6, 6.07) is 6.16. The molecule has 3 rings (SSSR count). The predicted octanol–water partition coefficient (Wildman–Crippen LogP) is 3.27. The molecule has 2 unspecified atom stereocenters. The summed E-state index contributed by atoms with van der Waals surface area (Å²) in [6.07, 6.45) is 4.40. The van der Waals surface area contributed by atoms with Crippen LogP contribution in [0.3, 0.4) is 0 Å². The number of carbonyl (C=O) groups is 1. The van der Waals surface area contributed by atoms with E-state index < -0.39 is 0 Å². The van der Waals surface area contributed by atoms with Crippen LogP contribution in [0.1, 0.15) is 23.6 Å². The molecule has 0 spiro atoms. The quantitative estimate of drug-likeness (QED) is 0.625. The maximum atomic E-state index is 13.3. The van der Waals surface area contributed by atoms with Crippen LogP contribution in [0, 0.1) is 5.82 Å². The van der Waals surface area contributed by atoms with Gasteiger partial charge < -0.3 is 4.79 Å². The van der Waals surface area contributed by atoms with E-state index in [4.69, 9.17) is 0 Å². The highest BCUT2D eigenvalue weighted by Crippen LogP contribution is 2.34. The lowest BCUT2D eigenvalue weighted by Crippen LogP contribution is -2.23. The zero-order valence-electron chi connectivity index (χ0n) is 10.6. The normalized spacial score (nSPS) is 21.3. The van der Waals surface area contributed by atoms with Crippen LogP contribution in [0.5, 0.6) is 0 Å². The molecular formula is C15H12BrFN2O. The number of aryl methyl sites for hydroxylation is 1. The monoisotopic (exact) mass is 334 g/mol. The van der Waals surface area contributed by atoms with E-state index in [0.717, 1.165) is 30.4 Å². The molecule has 0 N–H and O–H groups in total. The van der Waals surface area contributed by atoms with Crippen molar-refractivity contribution in [2.24, 2.45) is 0 Å². The minimum atomic E-state index is -0.325. The summed E-state index contributed by atoms with van der Waals surface area (Å²) in [5.41, 5.74) is 2.37. The largest absolute Gasteiger partial charge is 0.303 e. The first-order valence-corrected chi connectivity index (χ1v) is 7.31. The van der Waals surface area contributed by atoms with E-state index >= 15 is 0 Å². The summed E-state index contributed by atoms with van der Waals surface area (Å²) in [5.74, 6) is -0.139. The van der Waals surface area contributed by atoms with E-state index in [-0.39, 0.29) is 16.6 Å². The lowest BCUT2D eigenvalue weighted by Gasteiger charge is -2.25. The Bertz CT molecular complexity index is 662. The fourth-order valence-electron chi connectivity index (χ4n) is 2.46. The number of halogens is 2. The van der Waals surface area contributed by atoms with Crippen molar-refractivity contribution in [2.45, 2.75) is 23.6 Å². The molecule has 1 aromatic heterocycles. The van der Waals surface area contributed by atoms with Crippen LogP contribution in [0.25, 0.3) is 11.4 Å². The van der Waals surface area contributed by atoms with E-state index in [2.05, 4.69) is 25.9 Å². The van der Waals surface area contributed by atoms with Crippen molar-refractivity contribution in [3.8, 4) is 11.4 Å². The van der Waals surface area contributed by atoms with Crippen molar-refractivity contribution < 1.29 is 9.18 Å². The minimum absolute atomic E-state index is 0.0998. The highest BCUT2D eigenvalue weighted by atomic mass is 79.9. The second kappa shape index (κ2) is 5.40. The number of rotatable bonds is 2. The number of aldehydes is 1. The Kier molecular flexibility index (Phi) is 3.61. The first kappa shape index (κ1) is 13.4. The van der Waals surface area contributed by atoms with E-state index in [0.29, 0.717) is 11.4 Å². The topological polar surface area (TPSA) is 42.9 Å². The lowest BCUT2D eigenvalue weighted by molar-refractivity contribution is -0.109. The number of nitrogens with zero attached hydrogens (tertiary/aromatic N) is 2. The number of fused-ring (bicyclic) bond motifs is 1. The van der Waals surface area contributed by atoms with Crippen LogP contribution >= 0.6 is 15.9 Å². The standard InChI is InChI=1S/C15H12BrFN2O/c16-13-5-4-10-7-18-15(19-14(10)12(13)8-20)9-2-1-3-11(17)6-9/h1-3,6-8,12-13H,4-5H2. The van der Waals surface area contributed by atoms with Crippen LogP contribution in [0.4, 0.5) is 4.39 Å². The fourth-order valence-corrected chi connectivity index (χ4v) is 3.07. The molecule has 0 fully saturated rings. The van der Waals surface area contributed by atoms with Gasteiger partial charge >= 0.3 is 0 Å². The van der Waals surface area contributed by atoms with Crippen molar-refractivity contribution in [2.75, 3.05) is 0 Å². The third-order valence-corrected chi connectivity index (χ3v) is 4.55. The van der Waals surface area contributed by atoms with Crippen molar-refractivity contribution in [1.29, 1.82) is 0 Å². The Morgan fingerprint density at radius 1 is 1.40 bits per heavy atom. The molecule has 1 aliphatic rings. The number of benzene rings is 1. The summed E-state index contributed by atoms with van der Waals surface area (Å²) in [7, 11) is 0. The Balaban J connectivity index is 2.08. The van der Waals surface area contributed by atoms with E-state index in [1.54, 1.807) is 18.3 Å². The Labute approximate surface area is 124 Å². The molecule has 0 saturated heterocycles. The maximum Gasteiger partial charge on any atom is 0.159 e. The average Bonchev–Trinajstić information content (AvgIpc) is 2.46. The van der Waals surface area contributed by atoms with Gasteiger partial charge in [-0.2, -0.15) is 0 Å². The smallest absolute Gasteiger partial charge is 0.159 e. The van der Waals surface area contributed by atoms with Gasteiger partial charge in [0.2, 0.25) is 0 Å². The number of alkyl halides is 1. The highest BCUT2D eigenvalue weighted by Gasteiger charge is 2.29. The van der Waals surface area contributed by atoms with Gasteiger partial charge in [-0.25, -0.2) is 14.4 Å². The molecule has 1 aromatic carbocycles. The molecule has 5 heteroatoms. The zero-order chi connectivity index (χ0) is 14.1. The van der Waals surface area contributed by atoms with E-state index in [1.165, 1.54) is 12.1 Å². The molecule has 0 radical (unpaired) electrons. The van der Waals surface area contributed by atoms with Gasteiger partial charge in [0.1, 0.15) is 12.1 Å². The van der Waals surface area contributed by atoms with Crippen molar-refractivity contribution >= 4 is 22.2 Å². The van der Waals surface area contributed by atoms with Crippen LogP contribution in [0.2, 0.25) is 0 Å². The molecule has 0 aliphatic heterocycles. The predicted molar refractivity (Wildman–Crippen MR) is 77.3 cm³/mol. The lowest BCUT2D eigenvalue weighted by atomic mass is 9.88. The van der Waals surface area contributed by atoms with Gasteiger partial charge in [0, 0.05) is 16.6 Å². The molecule has 1 heterocycles. The van der Waals surface area contributed by atoms with Crippen molar-refractivity contribution in [3.05, 3.63) is 47.5 Å². The Morgan fingerprint density at radius 3 is 3.00 bits per heavy atom. The molecule has 102 valence electrons. The minimum Gasteiger partial charge on any atom is -0.303 e. The molecule has 2 aromatic rings. The molecular weight excluding hydrogens is 323 g/mol. The molecule has 2 atom stereocenters. The van der Waals surface area contributed by atoms with Gasteiger partial charge in [0.15, 0.2) is 5.82 Å². The molecule has 0 saturated carbocycles. The van der Waals surface area contributed by atoms with Gasteiger partial charge in [0.05, 0.1) is 11.6 Å². The van der Waals surface area contributed by atoms with Gasteiger partial charge in [0.25, 0.3) is 0 Å². The Hall–Kier alpha value is -1.62. The zero-order valence-corrected chi connectivity index (χ0v) is 12.2. The maximum absolute atomic E-state index is 13.3. The SMILES string of the molecule is O=CC1c2nc(-c3cccc(F)c3)ncc2CCC1Br. The van der Waals surface area contributed by atoms with Crippen LogP contribution in [-0.2, 0) is 11.2 Å². The summed E-state index contributed by atoms with van der Waals surface area (Å²) >= 11 is 3.53. The number of hydrogen-bond acceptors (Lipinski definition) is 3. The number of aromatic nitrogens is 2. The summed E-state index contributed by atoms with van der Waals surface area (Å²) in [4.78, 5) is 20.2. The van der Waals surface area contributed by atoms with Gasteiger partial charge in [-0.1, -0.05) is 28.1 Å². The summed E-state index contributed by atoms with van der Waals surface area (Å²) in [6.45, 7) is 0. The summed E-state index contributed by atoms with van der Waals surface area (Å²) < 4.78 is 13.3. The number of hydrogen-bond donors (Lipinski definition) is 0. The first-order valence-electron chi connectivity index (χ1n) is 6.40. The highest BCUT2D eigenvalue weighted by molar-refractivity contribution is 9.09. The molecule has 0 amide bonds. The third kappa shape index (κ3) is 2.38. The Morgan fingerprint density at radius 2 is 2.25 bits per heavy atom. The van der Waals surface area contributed by atoms with Gasteiger partial charge in [-0.15, -0.1) is 0 Å². The van der Waals surface area contributed by atoms with Crippen molar-refractivity contribution in [1.82, 2.24) is 9.97 Å². The number of carbonyl (C=O) groups excluding carboxylic acids is 1. The molecule has 20 heavy (non-hydrogen) atoms. The third-order valence-electron chi connectivity index (χ3n) is 3.52. The van der Waals surface area contributed by atoms with E-state index in [1.807, 2.05) is 0 Å². The molecule has 0 bridgehead atoms. The van der Waals surface area contributed by atoms with Crippen molar-refractivity contribution in [3.63, 3.8) is 0 Å². The first-order chi connectivity index (χ1) is 9.69. The van der Waals surface area contributed by atoms with Crippen LogP contribution in [0.15, 0.2) is 30.5 Å². The molecule has 1 aliphatic carbocycles.